The van der Waals surface area contributed by atoms with E-state index in [4.69, 9.17) is 4.74 Å². The van der Waals surface area contributed by atoms with Crippen LogP contribution in [0.1, 0.15) is 52.9 Å². The third kappa shape index (κ3) is 6.52. The molecule has 0 fully saturated rings. The highest BCUT2D eigenvalue weighted by atomic mass is 16.5. The van der Waals surface area contributed by atoms with E-state index in [1.54, 1.807) is 49.9 Å². The number of H-pyrrole nitrogens is 1. The van der Waals surface area contributed by atoms with Gasteiger partial charge in [0.2, 0.25) is 11.8 Å². The summed E-state index contributed by atoms with van der Waals surface area (Å²) in [7, 11) is 0. The third-order valence-electron chi connectivity index (χ3n) is 4.87. The molecule has 1 heterocycles. The number of aryl methyl sites for hydroxylation is 1. The quantitative estimate of drug-likeness (QED) is 0.384. The Morgan fingerprint density at radius 2 is 1.56 bits per heavy atom. The van der Waals surface area contributed by atoms with Crippen LogP contribution in [0.5, 0.6) is 0 Å². The van der Waals surface area contributed by atoms with E-state index in [0.29, 0.717) is 34.7 Å². The van der Waals surface area contributed by atoms with Crippen LogP contribution >= 0.6 is 0 Å². The number of anilines is 2. The number of Topliss-reactive ketones (excluding diaryl/α,β-unsaturated/α-hetero) is 1. The van der Waals surface area contributed by atoms with Gasteiger partial charge in [-0.2, -0.15) is 0 Å². The minimum atomic E-state index is -0.497. The van der Waals surface area contributed by atoms with E-state index >= 15 is 0 Å². The van der Waals surface area contributed by atoms with Crippen molar-refractivity contribution in [3.63, 3.8) is 0 Å². The maximum absolute atomic E-state index is 12.9. The van der Waals surface area contributed by atoms with Crippen molar-refractivity contribution in [3.8, 4) is 0 Å². The Morgan fingerprint density at radius 1 is 0.969 bits per heavy atom. The lowest BCUT2D eigenvalue weighted by molar-refractivity contribution is -0.117. The summed E-state index contributed by atoms with van der Waals surface area (Å²) in [5.41, 5.74) is 3.08. The molecule has 1 aromatic carbocycles. The SMILES string of the molecule is CCOC(=O)c1[nH]c(C)c(C(=O)CN(CC)CC(=O)Nc2ccc(NC(C)=O)cc2)c1C. The highest BCUT2D eigenvalue weighted by Gasteiger charge is 2.24. The van der Waals surface area contributed by atoms with Crippen LogP contribution in [0.4, 0.5) is 11.4 Å². The van der Waals surface area contributed by atoms with E-state index in [-0.39, 0.29) is 43.0 Å². The molecule has 0 aliphatic rings. The molecule has 9 nitrogen and oxygen atoms in total. The number of aromatic nitrogens is 1. The van der Waals surface area contributed by atoms with Crippen LogP contribution in [-0.4, -0.2) is 59.7 Å². The van der Waals surface area contributed by atoms with Crippen LogP contribution in [0.15, 0.2) is 24.3 Å². The molecule has 0 saturated heterocycles. The first-order chi connectivity index (χ1) is 15.2. The molecule has 2 aromatic rings. The molecule has 0 atom stereocenters. The lowest BCUT2D eigenvalue weighted by Gasteiger charge is -2.19. The van der Waals surface area contributed by atoms with E-state index in [2.05, 4.69) is 15.6 Å². The number of amides is 2. The number of nitrogens with one attached hydrogen (secondary N) is 3. The Morgan fingerprint density at radius 3 is 2.09 bits per heavy atom. The van der Waals surface area contributed by atoms with Gasteiger partial charge in [-0.05, 0) is 57.1 Å². The predicted octanol–water partition coefficient (Wildman–Crippen LogP) is 2.91. The van der Waals surface area contributed by atoms with Crippen LogP contribution in [0.25, 0.3) is 0 Å². The van der Waals surface area contributed by atoms with Gasteiger partial charge in [-0.15, -0.1) is 0 Å². The minimum Gasteiger partial charge on any atom is -0.461 e. The number of aromatic amines is 1. The lowest BCUT2D eigenvalue weighted by Crippen LogP contribution is -2.37. The topological polar surface area (TPSA) is 121 Å². The number of rotatable bonds is 10. The van der Waals surface area contributed by atoms with Crippen molar-refractivity contribution in [2.24, 2.45) is 0 Å². The van der Waals surface area contributed by atoms with Gasteiger partial charge in [0.1, 0.15) is 5.69 Å². The molecular formula is C23H30N4O5. The second-order valence-corrected chi connectivity index (χ2v) is 7.38. The van der Waals surface area contributed by atoms with Crippen molar-refractivity contribution in [2.45, 2.75) is 34.6 Å². The van der Waals surface area contributed by atoms with Crippen LogP contribution in [0.3, 0.4) is 0 Å². The van der Waals surface area contributed by atoms with E-state index in [1.165, 1.54) is 6.92 Å². The third-order valence-corrected chi connectivity index (χ3v) is 4.87. The monoisotopic (exact) mass is 442 g/mol. The molecule has 0 unspecified atom stereocenters. The fourth-order valence-corrected chi connectivity index (χ4v) is 3.38. The zero-order valence-electron chi connectivity index (χ0n) is 19.1. The zero-order chi connectivity index (χ0) is 23.8. The first-order valence-corrected chi connectivity index (χ1v) is 10.5. The Kier molecular flexibility index (Phi) is 8.71. The first kappa shape index (κ1) is 24.8. The normalized spacial score (nSPS) is 10.7. The number of esters is 1. The highest BCUT2D eigenvalue weighted by molar-refractivity contribution is 6.03. The smallest absolute Gasteiger partial charge is 0.355 e. The highest BCUT2D eigenvalue weighted by Crippen LogP contribution is 2.20. The average Bonchev–Trinajstić information content (AvgIpc) is 3.02. The summed E-state index contributed by atoms with van der Waals surface area (Å²) < 4.78 is 5.03. The standard InChI is InChI=1S/C23H30N4O5/c1-6-27(13-20(30)26-18-10-8-17(9-11-18)25-16(5)28)12-19(29)21-14(3)22(24-15(21)4)23(31)32-7-2/h8-11,24H,6-7,12-13H2,1-5H3,(H,25,28)(H,26,30). The molecule has 172 valence electrons. The molecule has 2 amide bonds. The van der Waals surface area contributed by atoms with Gasteiger partial charge in [0, 0.05) is 29.6 Å². The van der Waals surface area contributed by atoms with Gasteiger partial charge >= 0.3 is 5.97 Å². The van der Waals surface area contributed by atoms with E-state index in [9.17, 15) is 19.2 Å². The van der Waals surface area contributed by atoms with Gasteiger partial charge in [-0.25, -0.2) is 4.79 Å². The van der Waals surface area contributed by atoms with E-state index in [1.807, 2.05) is 6.92 Å². The minimum absolute atomic E-state index is 0.0307. The van der Waals surface area contributed by atoms with Gasteiger partial charge in [0.25, 0.3) is 0 Å². The summed E-state index contributed by atoms with van der Waals surface area (Å²) in [6.07, 6.45) is 0. The van der Waals surface area contributed by atoms with E-state index in [0.717, 1.165) is 0 Å². The molecule has 2 rings (SSSR count). The van der Waals surface area contributed by atoms with Crippen LogP contribution < -0.4 is 10.6 Å². The molecule has 0 radical (unpaired) electrons. The lowest BCUT2D eigenvalue weighted by atomic mass is 10.1. The molecule has 0 aliphatic carbocycles. The molecular weight excluding hydrogens is 412 g/mol. The maximum Gasteiger partial charge on any atom is 0.355 e. The van der Waals surface area contributed by atoms with Crippen molar-refractivity contribution in [1.29, 1.82) is 0 Å². The summed E-state index contributed by atoms with van der Waals surface area (Å²) in [6.45, 7) is 9.25. The fraction of sp³-hybridized carbons (Fsp3) is 0.391. The number of ether oxygens (including phenoxy) is 1. The van der Waals surface area contributed by atoms with Crippen molar-refractivity contribution >= 4 is 34.9 Å². The van der Waals surface area contributed by atoms with Crippen LogP contribution in [0, 0.1) is 13.8 Å². The Bertz CT molecular complexity index is 995. The molecule has 1 aromatic heterocycles. The molecule has 0 aliphatic heterocycles. The number of nitrogens with zero attached hydrogens (tertiary/aromatic N) is 1. The largest absolute Gasteiger partial charge is 0.461 e. The molecule has 0 bridgehead atoms. The maximum atomic E-state index is 12.9. The Hall–Kier alpha value is -3.46. The van der Waals surface area contributed by atoms with Crippen molar-refractivity contribution in [3.05, 3.63) is 46.8 Å². The number of hydrogen-bond acceptors (Lipinski definition) is 6. The van der Waals surface area contributed by atoms with Gasteiger partial charge < -0.3 is 20.4 Å². The van der Waals surface area contributed by atoms with Crippen LogP contribution in [0.2, 0.25) is 0 Å². The summed E-state index contributed by atoms with van der Waals surface area (Å²) >= 11 is 0. The number of carbonyl (C=O) groups excluding carboxylic acids is 4. The molecule has 32 heavy (non-hydrogen) atoms. The second kappa shape index (κ2) is 11.2. The number of carbonyl (C=O) groups is 4. The Labute approximate surface area is 187 Å². The summed E-state index contributed by atoms with van der Waals surface area (Å²) in [4.78, 5) is 53.2. The summed E-state index contributed by atoms with van der Waals surface area (Å²) in [6, 6.07) is 6.76. The number of benzene rings is 1. The number of hydrogen-bond donors (Lipinski definition) is 3. The van der Waals surface area contributed by atoms with Crippen molar-refractivity contribution in [1.82, 2.24) is 9.88 Å². The fourth-order valence-electron chi connectivity index (χ4n) is 3.38. The van der Waals surface area contributed by atoms with Gasteiger partial charge in [0.15, 0.2) is 5.78 Å². The zero-order valence-corrected chi connectivity index (χ0v) is 19.1. The van der Waals surface area contributed by atoms with Crippen molar-refractivity contribution < 1.29 is 23.9 Å². The predicted molar refractivity (Wildman–Crippen MR) is 122 cm³/mol. The molecule has 0 spiro atoms. The van der Waals surface area contributed by atoms with Gasteiger partial charge in [-0.3, -0.25) is 19.3 Å². The summed E-state index contributed by atoms with van der Waals surface area (Å²) in [5, 5.41) is 5.44. The van der Waals surface area contributed by atoms with E-state index < -0.39 is 5.97 Å². The van der Waals surface area contributed by atoms with Gasteiger partial charge in [0.05, 0.1) is 19.7 Å². The molecule has 9 heteroatoms. The van der Waals surface area contributed by atoms with Crippen LogP contribution in [-0.2, 0) is 14.3 Å². The summed E-state index contributed by atoms with van der Waals surface area (Å²) in [5.74, 6) is -1.11. The average molecular weight is 443 g/mol. The molecule has 3 N–H and O–H groups in total. The van der Waals surface area contributed by atoms with Crippen molar-refractivity contribution in [2.75, 3.05) is 36.9 Å². The van der Waals surface area contributed by atoms with Gasteiger partial charge in [-0.1, -0.05) is 6.92 Å². The first-order valence-electron chi connectivity index (χ1n) is 10.5. The second-order valence-electron chi connectivity index (χ2n) is 7.38. The Balaban J connectivity index is 2.01. The number of ketones is 1. The number of likely N-dealkylation sites (N-methyl/N-ethyl adjacent to an activating group) is 1. The molecule has 0 saturated carbocycles.